The summed E-state index contributed by atoms with van der Waals surface area (Å²) in [5.41, 5.74) is 3.91. The monoisotopic (exact) mass is 409 g/mol. The van der Waals surface area contributed by atoms with E-state index in [4.69, 9.17) is 16.6 Å². The van der Waals surface area contributed by atoms with Gasteiger partial charge in [0.1, 0.15) is 5.52 Å². The molecule has 0 spiro atoms. The van der Waals surface area contributed by atoms with Crippen molar-refractivity contribution >= 4 is 40.0 Å². The van der Waals surface area contributed by atoms with Gasteiger partial charge in [-0.25, -0.2) is 4.98 Å². The van der Waals surface area contributed by atoms with Gasteiger partial charge in [-0.05, 0) is 53.5 Å². The number of rotatable bonds is 2. The SMILES string of the molecule is CC(C)(C)C(=O)NC(=S)Nc1ccc2oc(-c3ccc(C(C)(C)C)cc3)nc2c1. The van der Waals surface area contributed by atoms with E-state index in [0.29, 0.717) is 11.5 Å². The van der Waals surface area contributed by atoms with Crippen molar-refractivity contribution in [2.75, 3.05) is 5.32 Å². The molecule has 0 aliphatic rings. The van der Waals surface area contributed by atoms with Crippen molar-refractivity contribution in [2.45, 2.75) is 47.0 Å². The van der Waals surface area contributed by atoms with E-state index in [9.17, 15) is 4.79 Å². The van der Waals surface area contributed by atoms with Gasteiger partial charge in [-0.3, -0.25) is 4.79 Å². The Bertz CT molecular complexity index is 1050. The van der Waals surface area contributed by atoms with Crippen LogP contribution in [0.5, 0.6) is 0 Å². The fourth-order valence-corrected chi connectivity index (χ4v) is 2.90. The topological polar surface area (TPSA) is 67.2 Å². The molecule has 2 N–H and O–H groups in total. The van der Waals surface area contributed by atoms with Gasteiger partial charge in [0.25, 0.3) is 0 Å². The van der Waals surface area contributed by atoms with Crippen molar-refractivity contribution < 1.29 is 9.21 Å². The second-order valence-corrected chi connectivity index (χ2v) is 9.60. The maximum atomic E-state index is 12.1. The number of fused-ring (bicyclic) bond motifs is 1. The number of carbonyl (C=O) groups excluding carboxylic acids is 1. The van der Waals surface area contributed by atoms with Crippen LogP contribution in [0.2, 0.25) is 0 Å². The number of hydrogen-bond acceptors (Lipinski definition) is 4. The number of aromatic nitrogens is 1. The standard InChI is InChI=1S/C23H27N3O2S/c1-22(2,3)15-9-7-14(8-10-15)19-25-17-13-16(11-12-18(17)28-19)24-21(29)26-20(27)23(4,5)6/h7-13H,1-6H3,(H2,24,26,27,29). The third-order valence-corrected chi connectivity index (χ3v) is 4.76. The van der Waals surface area contributed by atoms with Crippen LogP contribution in [0, 0.1) is 5.41 Å². The van der Waals surface area contributed by atoms with E-state index in [2.05, 4.69) is 48.5 Å². The summed E-state index contributed by atoms with van der Waals surface area (Å²) in [7, 11) is 0. The summed E-state index contributed by atoms with van der Waals surface area (Å²) in [6, 6.07) is 13.8. The number of hydrogen-bond donors (Lipinski definition) is 2. The first-order chi connectivity index (χ1) is 13.4. The number of thiocarbonyl (C=S) groups is 1. The third-order valence-electron chi connectivity index (χ3n) is 4.55. The van der Waals surface area contributed by atoms with Crippen LogP contribution in [0.25, 0.3) is 22.6 Å². The van der Waals surface area contributed by atoms with Gasteiger partial charge >= 0.3 is 0 Å². The maximum absolute atomic E-state index is 12.1. The number of nitrogens with one attached hydrogen (secondary N) is 2. The van der Waals surface area contributed by atoms with E-state index in [-0.39, 0.29) is 16.4 Å². The number of carbonyl (C=O) groups is 1. The van der Waals surface area contributed by atoms with Crippen LogP contribution < -0.4 is 10.6 Å². The molecule has 0 saturated heterocycles. The van der Waals surface area contributed by atoms with Crippen LogP contribution >= 0.6 is 12.2 Å². The highest BCUT2D eigenvalue weighted by atomic mass is 32.1. The molecule has 29 heavy (non-hydrogen) atoms. The quantitative estimate of drug-likeness (QED) is 0.535. The minimum absolute atomic E-state index is 0.0984. The molecular formula is C23H27N3O2S. The third kappa shape index (κ3) is 5.01. The van der Waals surface area contributed by atoms with Gasteiger partial charge in [0.2, 0.25) is 11.8 Å². The zero-order valence-electron chi connectivity index (χ0n) is 17.7. The fraction of sp³-hybridized carbons (Fsp3) is 0.348. The molecule has 0 bridgehead atoms. The van der Waals surface area contributed by atoms with Crippen LogP contribution in [-0.4, -0.2) is 16.0 Å². The molecular weight excluding hydrogens is 382 g/mol. The average Bonchev–Trinajstić information content (AvgIpc) is 3.03. The zero-order valence-corrected chi connectivity index (χ0v) is 18.5. The largest absolute Gasteiger partial charge is 0.436 e. The summed E-state index contributed by atoms with van der Waals surface area (Å²) in [5.74, 6) is 0.430. The predicted octanol–water partition coefficient (Wildman–Crippen LogP) is 5.65. The van der Waals surface area contributed by atoms with Crippen molar-refractivity contribution in [2.24, 2.45) is 5.41 Å². The number of nitrogens with zero attached hydrogens (tertiary/aromatic N) is 1. The molecule has 0 aliphatic heterocycles. The molecule has 152 valence electrons. The number of oxazole rings is 1. The highest BCUT2D eigenvalue weighted by molar-refractivity contribution is 7.80. The normalized spacial score (nSPS) is 12.1. The van der Waals surface area contributed by atoms with E-state index >= 15 is 0 Å². The molecule has 6 heteroatoms. The van der Waals surface area contributed by atoms with E-state index in [0.717, 1.165) is 16.8 Å². The molecule has 0 fully saturated rings. The minimum atomic E-state index is -0.515. The van der Waals surface area contributed by atoms with Crippen LogP contribution in [0.15, 0.2) is 46.9 Å². The van der Waals surface area contributed by atoms with Crippen LogP contribution in [-0.2, 0) is 10.2 Å². The van der Waals surface area contributed by atoms with Gasteiger partial charge in [-0.1, -0.05) is 53.7 Å². The van der Waals surface area contributed by atoms with E-state index < -0.39 is 5.41 Å². The molecule has 1 aromatic heterocycles. The molecule has 2 aromatic carbocycles. The second kappa shape index (κ2) is 7.59. The Balaban J connectivity index is 1.78. The maximum Gasteiger partial charge on any atom is 0.231 e. The molecule has 0 saturated carbocycles. The Morgan fingerprint density at radius 2 is 1.66 bits per heavy atom. The van der Waals surface area contributed by atoms with E-state index in [1.54, 1.807) is 0 Å². The summed E-state index contributed by atoms with van der Waals surface area (Å²) in [6.07, 6.45) is 0. The lowest BCUT2D eigenvalue weighted by molar-refractivity contribution is -0.126. The predicted molar refractivity (Wildman–Crippen MR) is 122 cm³/mol. The van der Waals surface area contributed by atoms with Crippen molar-refractivity contribution in [1.82, 2.24) is 10.3 Å². The lowest BCUT2D eigenvalue weighted by Gasteiger charge is -2.18. The Hall–Kier alpha value is -2.73. The number of benzene rings is 2. The van der Waals surface area contributed by atoms with Gasteiger partial charge in [-0.15, -0.1) is 0 Å². The van der Waals surface area contributed by atoms with Crippen LogP contribution in [0.4, 0.5) is 5.69 Å². The Morgan fingerprint density at radius 3 is 2.24 bits per heavy atom. The van der Waals surface area contributed by atoms with Crippen LogP contribution in [0.1, 0.15) is 47.1 Å². The molecule has 3 rings (SSSR count). The van der Waals surface area contributed by atoms with Crippen LogP contribution in [0.3, 0.4) is 0 Å². The van der Waals surface area contributed by atoms with Crippen molar-refractivity contribution in [3.8, 4) is 11.5 Å². The zero-order chi connectivity index (χ0) is 21.4. The first-order valence-corrected chi connectivity index (χ1v) is 9.98. The highest BCUT2D eigenvalue weighted by Gasteiger charge is 2.22. The van der Waals surface area contributed by atoms with E-state index in [1.807, 2.05) is 51.1 Å². The van der Waals surface area contributed by atoms with Gasteiger partial charge in [0, 0.05) is 16.7 Å². The Morgan fingerprint density at radius 1 is 1.00 bits per heavy atom. The first kappa shape index (κ1) is 21.0. The Kier molecular flexibility index (Phi) is 5.50. The molecule has 1 heterocycles. The molecule has 5 nitrogen and oxygen atoms in total. The van der Waals surface area contributed by atoms with Gasteiger partial charge in [0.15, 0.2) is 10.7 Å². The highest BCUT2D eigenvalue weighted by Crippen LogP contribution is 2.29. The van der Waals surface area contributed by atoms with Crippen molar-refractivity contribution in [3.63, 3.8) is 0 Å². The molecule has 3 aromatic rings. The lowest BCUT2D eigenvalue weighted by atomic mass is 9.87. The number of amides is 1. The second-order valence-electron chi connectivity index (χ2n) is 9.19. The molecule has 0 unspecified atom stereocenters. The smallest absolute Gasteiger partial charge is 0.231 e. The average molecular weight is 410 g/mol. The van der Waals surface area contributed by atoms with Gasteiger partial charge in [0.05, 0.1) is 0 Å². The van der Waals surface area contributed by atoms with Crippen molar-refractivity contribution in [3.05, 3.63) is 48.0 Å². The summed E-state index contributed by atoms with van der Waals surface area (Å²) in [5, 5.41) is 5.99. The van der Waals surface area contributed by atoms with E-state index in [1.165, 1.54) is 5.56 Å². The molecule has 1 amide bonds. The fourth-order valence-electron chi connectivity index (χ4n) is 2.69. The minimum Gasteiger partial charge on any atom is -0.436 e. The summed E-state index contributed by atoms with van der Waals surface area (Å²) in [6.45, 7) is 12.1. The van der Waals surface area contributed by atoms with Gasteiger partial charge < -0.3 is 15.1 Å². The van der Waals surface area contributed by atoms with Crippen molar-refractivity contribution in [1.29, 1.82) is 0 Å². The summed E-state index contributed by atoms with van der Waals surface area (Å²) < 4.78 is 5.91. The lowest BCUT2D eigenvalue weighted by Crippen LogP contribution is -2.41. The first-order valence-electron chi connectivity index (χ1n) is 9.57. The summed E-state index contributed by atoms with van der Waals surface area (Å²) in [4.78, 5) is 16.7. The number of anilines is 1. The summed E-state index contributed by atoms with van der Waals surface area (Å²) >= 11 is 5.24. The Labute approximate surface area is 176 Å². The molecule has 0 atom stereocenters. The molecule has 0 radical (unpaired) electrons. The van der Waals surface area contributed by atoms with Gasteiger partial charge in [-0.2, -0.15) is 0 Å². The molecule has 0 aliphatic carbocycles.